The lowest BCUT2D eigenvalue weighted by atomic mass is 10.2. The van der Waals surface area contributed by atoms with Crippen LogP contribution in [0.3, 0.4) is 0 Å². The molecule has 0 saturated carbocycles. The van der Waals surface area contributed by atoms with Crippen molar-refractivity contribution in [2.45, 2.75) is 0 Å². The largest absolute Gasteiger partial charge is 0.398 e. The van der Waals surface area contributed by atoms with Crippen molar-refractivity contribution in [3.63, 3.8) is 0 Å². The summed E-state index contributed by atoms with van der Waals surface area (Å²) in [7, 11) is 0. The highest BCUT2D eigenvalue weighted by molar-refractivity contribution is 9.11. The van der Waals surface area contributed by atoms with E-state index in [2.05, 4.69) is 47.4 Å². The molecular formula is C13H8Br2ClN5. The van der Waals surface area contributed by atoms with Crippen LogP contribution in [0.5, 0.6) is 0 Å². The Morgan fingerprint density at radius 1 is 1.10 bits per heavy atom. The molecule has 106 valence electrons. The maximum atomic E-state index is 6.07. The van der Waals surface area contributed by atoms with E-state index < -0.39 is 0 Å². The Morgan fingerprint density at radius 3 is 2.67 bits per heavy atom. The zero-order chi connectivity index (χ0) is 15.0. The van der Waals surface area contributed by atoms with Crippen molar-refractivity contribution in [1.82, 2.24) is 20.2 Å². The molecule has 1 aromatic heterocycles. The monoisotopic (exact) mass is 427 g/mol. The van der Waals surface area contributed by atoms with Crippen LogP contribution in [-0.4, -0.2) is 20.2 Å². The highest BCUT2D eigenvalue weighted by Gasteiger charge is 2.14. The Hall–Kier alpha value is -1.44. The summed E-state index contributed by atoms with van der Waals surface area (Å²) in [6.07, 6.45) is 0. The lowest BCUT2D eigenvalue weighted by molar-refractivity contribution is 0.788. The van der Waals surface area contributed by atoms with Crippen molar-refractivity contribution in [1.29, 1.82) is 0 Å². The van der Waals surface area contributed by atoms with E-state index in [4.69, 9.17) is 17.3 Å². The van der Waals surface area contributed by atoms with Gasteiger partial charge in [-0.05, 0) is 62.8 Å². The second-order valence-electron chi connectivity index (χ2n) is 4.25. The Balaban J connectivity index is 2.17. The number of hydrogen-bond acceptors (Lipinski definition) is 4. The number of rotatable bonds is 2. The van der Waals surface area contributed by atoms with Crippen molar-refractivity contribution in [2.75, 3.05) is 5.73 Å². The minimum absolute atomic E-state index is 0.468. The first-order valence-electron chi connectivity index (χ1n) is 5.85. The highest BCUT2D eigenvalue weighted by atomic mass is 79.9. The Labute approximate surface area is 142 Å². The molecule has 0 saturated heterocycles. The Morgan fingerprint density at radius 2 is 1.90 bits per heavy atom. The smallest absolute Gasteiger partial charge is 0.187 e. The van der Waals surface area contributed by atoms with Crippen LogP contribution in [0.4, 0.5) is 5.69 Å². The Bertz CT molecular complexity index is 818. The molecule has 0 unspecified atom stereocenters. The van der Waals surface area contributed by atoms with E-state index in [-0.39, 0.29) is 0 Å². The third-order valence-electron chi connectivity index (χ3n) is 2.86. The molecule has 0 amide bonds. The molecule has 0 atom stereocenters. The van der Waals surface area contributed by atoms with Gasteiger partial charge < -0.3 is 5.73 Å². The summed E-state index contributed by atoms with van der Waals surface area (Å²) in [5, 5.41) is 12.3. The standard InChI is InChI=1S/C13H8Br2ClN5/c14-8-2-3-9(15)12(6-8)21-13(18-19-20-21)7-1-4-11(17)10(16)5-7/h1-6H,17H2. The van der Waals surface area contributed by atoms with Crippen molar-refractivity contribution < 1.29 is 0 Å². The third kappa shape index (κ3) is 2.81. The van der Waals surface area contributed by atoms with Crippen LogP contribution in [0.25, 0.3) is 17.1 Å². The predicted molar refractivity (Wildman–Crippen MR) is 89.4 cm³/mol. The zero-order valence-electron chi connectivity index (χ0n) is 10.5. The first-order valence-corrected chi connectivity index (χ1v) is 7.82. The normalized spacial score (nSPS) is 10.8. The first-order chi connectivity index (χ1) is 10.1. The first kappa shape index (κ1) is 14.5. The zero-order valence-corrected chi connectivity index (χ0v) is 14.4. The average molecular weight is 430 g/mol. The molecule has 21 heavy (non-hydrogen) atoms. The minimum atomic E-state index is 0.468. The quantitative estimate of drug-likeness (QED) is 0.623. The Kier molecular flexibility index (Phi) is 3.97. The van der Waals surface area contributed by atoms with Crippen LogP contribution in [0.1, 0.15) is 0 Å². The average Bonchev–Trinajstić information content (AvgIpc) is 2.93. The number of anilines is 1. The van der Waals surface area contributed by atoms with Crippen molar-refractivity contribution >= 4 is 49.1 Å². The SMILES string of the molecule is Nc1ccc(-c2nnnn2-c2cc(Br)ccc2Br)cc1Cl. The number of aromatic nitrogens is 4. The van der Waals surface area contributed by atoms with E-state index >= 15 is 0 Å². The number of nitrogens with zero attached hydrogens (tertiary/aromatic N) is 4. The number of nitrogens with two attached hydrogens (primary N) is 1. The van der Waals surface area contributed by atoms with Crippen LogP contribution in [-0.2, 0) is 0 Å². The summed E-state index contributed by atoms with van der Waals surface area (Å²) in [5.74, 6) is 0.579. The topological polar surface area (TPSA) is 69.6 Å². The highest BCUT2D eigenvalue weighted by Crippen LogP contribution is 2.30. The molecule has 8 heteroatoms. The third-order valence-corrected chi connectivity index (χ3v) is 4.36. The van der Waals surface area contributed by atoms with Gasteiger partial charge in [0.25, 0.3) is 0 Å². The molecule has 0 aliphatic carbocycles. The predicted octanol–water partition coefficient (Wildman–Crippen LogP) is 4.09. The fourth-order valence-electron chi connectivity index (χ4n) is 1.84. The molecule has 0 spiro atoms. The van der Waals surface area contributed by atoms with Crippen LogP contribution in [0.2, 0.25) is 5.02 Å². The molecule has 0 fully saturated rings. The van der Waals surface area contributed by atoms with Gasteiger partial charge in [0, 0.05) is 14.5 Å². The molecule has 0 radical (unpaired) electrons. The summed E-state index contributed by atoms with van der Waals surface area (Å²) in [6.45, 7) is 0. The molecule has 2 N–H and O–H groups in total. The summed E-state index contributed by atoms with van der Waals surface area (Å²) in [6, 6.07) is 11.1. The minimum Gasteiger partial charge on any atom is -0.398 e. The number of tetrazole rings is 1. The molecule has 3 rings (SSSR count). The molecule has 2 aromatic carbocycles. The van der Waals surface area contributed by atoms with Crippen LogP contribution in [0, 0.1) is 0 Å². The van der Waals surface area contributed by atoms with Gasteiger partial charge in [-0.15, -0.1) is 5.10 Å². The fourth-order valence-corrected chi connectivity index (χ4v) is 2.79. The van der Waals surface area contributed by atoms with Crippen LogP contribution >= 0.6 is 43.5 Å². The summed E-state index contributed by atoms with van der Waals surface area (Å²) in [4.78, 5) is 0. The van der Waals surface area contributed by atoms with E-state index in [0.29, 0.717) is 16.5 Å². The molecule has 5 nitrogen and oxygen atoms in total. The summed E-state index contributed by atoms with van der Waals surface area (Å²) in [5.41, 5.74) is 7.85. The van der Waals surface area contributed by atoms with Gasteiger partial charge in [0.05, 0.1) is 16.4 Å². The summed E-state index contributed by atoms with van der Waals surface area (Å²) < 4.78 is 3.44. The molecule has 0 aliphatic rings. The molecule has 3 aromatic rings. The molecule has 0 aliphatic heterocycles. The van der Waals surface area contributed by atoms with Crippen molar-refractivity contribution in [3.05, 3.63) is 50.4 Å². The molecule has 0 bridgehead atoms. The van der Waals surface area contributed by atoms with Gasteiger partial charge in [-0.3, -0.25) is 0 Å². The number of benzene rings is 2. The van der Waals surface area contributed by atoms with E-state index in [9.17, 15) is 0 Å². The van der Waals surface area contributed by atoms with Gasteiger partial charge >= 0.3 is 0 Å². The molecule has 1 heterocycles. The van der Waals surface area contributed by atoms with E-state index in [1.165, 1.54) is 0 Å². The molecular weight excluding hydrogens is 421 g/mol. The second kappa shape index (κ2) is 5.75. The van der Waals surface area contributed by atoms with E-state index in [1.807, 2.05) is 24.3 Å². The van der Waals surface area contributed by atoms with E-state index in [0.717, 1.165) is 20.2 Å². The van der Waals surface area contributed by atoms with Gasteiger partial charge in [-0.1, -0.05) is 27.5 Å². The van der Waals surface area contributed by atoms with Crippen LogP contribution in [0.15, 0.2) is 45.3 Å². The van der Waals surface area contributed by atoms with Crippen LogP contribution < -0.4 is 5.73 Å². The van der Waals surface area contributed by atoms with E-state index in [1.54, 1.807) is 16.8 Å². The maximum Gasteiger partial charge on any atom is 0.187 e. The number of halogens is 3. The van der Waals surface area contributed by atoms with Gasteiger partial charge in [-0.2, -0.15) is 4.68 Å². The number of hydrogen-bond donors (Lipinski definition) is 1. The second-order valence-corrected chi connectivity index (χ2v) is 6.42. The lowest BCUT2D eigenvalue weighted by Gasteiger charge is -2.08. The summed E-state index contributed by atoms with van der Waals surface area (Å²) >= 11 is 13.0. The van der Waals surface area contributed by atoms with Gasteiger partial charge in [0.15, 0.2) is 5.82 Å². The van der Waals surface area contributed by atoms with Crippen molar-refractivity contribution in [3.8, 4) is 17.1 Å². The lowest BCUT2D eigenvalue weighted by Crippen LogP contribution is -2.01. The van der Waals surface area contributed by atoms with Gasteiger partial charge in [0.2, 0.25) is 0 Å². The van der Waals surface area contributed by atoms with Crippen molar-refractivity contribution in [2.24, 2.45) is 0 Å². The van der Waals surface area contributed by atoms with Gasteiger partial charge in [-0.25, -0.2) is 0 Å². The fraction of sp³-hybridized carbons (Fsp3) is 0. The number of nitrogen functional groups attached to an aromatic ring is 1. The van der Waals surface area contributed by atoms with Gasteiger partial charge in [0.1, 0.15) is 0 Å². The maximum absolute atomic E-state index is 6.07.